The van der Waals surface area contributed by atoms with Crippen molar-refractivity contribution in [3.63, 3.8) is 0 Å². The van der Waals surface area contributed by atoms with Crippen molar-refractivity contribution in [2.24, 2.45) is 0 Å². The highest BCUT2D eigenvalue weighted by Crippen LogP contribution is 2.20. The quantitative estimate of drug-likeness (QED) is 0.820. The van der Waals surface area contributed by atoms with Crippen LogP contribution in [0.4, 0.5) is 5.95 Å². The summed E-state index contributed by atoms with van der Waals surface area (Å²) in [6, 6.07) is 8.02. The van der Waals surface area contributed by atoms with Crippen LogP contribution in [0.5, 0.6) is 0 Å². The number of rotatable bonds is 7. The highest BCUT2D eigenvalue weighted by atomic mass is 16.3. The van der Waals surface area contributed by atoms with Crippen LogP contribution in [0.1, 0.15) is 27.7 Å². The number of fused-ring (bicyclic) bond motifs is 1. The number of imidazole rings is 1. The van der Waals surface area contributed by atoms with Crippen molar-refractivity contribution in [3.8, 4) is 0 Å². The van der Waals surface area contributed by atoms with E-state index in [0.29, 0.717) is 12.5 Å². The predicted octanol–water partition coefficient (Wildman–Crippen LogP) is 2.09. The van der Waals surface area contributed by atoms with Gasteiger partial charge in [-0.1, -0.05) is 12.1 Å². The molecule has 0 unspecified atom stereocenters. The molecule has 6 nitrogen and oxygen atoms in total. The Morgan fingerprint density at radius 1 is 1.26 bits per heavy atom. The molecule has 0 aliphatic heterocycles. The average Bonchev–Trinajstić information content (AvgIpc) is 2.82. The molecule has 1 aromatic heterocycles. The molecule has 2 N–H and O–H groups in total. The number of aliphatic hydroxyl groups excluding tert-OH is 1. The maximum Gasteiger partial charge on any atom is 0.243 e. The molecular formula is C17H26N4O2. The third kappa shape index (κ3) is 3.82. The Bertz CT molecular complexity index is 656. The predicted molar refractivity (Wildman–Crippen MR) is 92.4 cm³/mol. The van der Waals surface area contributed by atoms with Gasteiger partial charge in [0.1, 0.15) is 6.54 Å². The zero-order valence-corrected chi connectivity index (χ0v) is 14.3. The molecule has 0 aliphatic rings. The first-order chi connectivity index (χ1) is 11.0. The van der Waals surface area contributed by atoms with Crippen molar-refractivity contribution in [2.75, 3.05) is 18.5 Å². The minimum Gasteiger partial charge on any atom is -0.395 e. The van der Waals surface area contributed by atoms with E-state index in [1.807, 2.05) is 61.4 Å². The summed E-state index contributed by atoms with van der Waals surface area (Å²) in [4.78, 5) is 19.2. The number of carbonyl (C=O) groups is 1. The second kappa shape index (κ2) is 7.46. The largest absolute Gasteiger partial charge is 0.395 e. The van der Waals surface area contributed by atoms with Crippen LogP contribution in [-0.2, 0) is 11.3 Å². The zero-order chi connectivity index (χ0) is 17.0. The first-order valence-electron chi connectivity index (χ1n) is 8.06. The molecule has 6 heteroatoms. The normalized spacial score (nSPS) is 11.4. The molecule has 1 amide bonds. The Morgan fingerprint density at radius 2 is 1.91 bits per heavy atom. The van der Waals surface area contributed by atoms with Crippen molar-refractivity contribution < 1.29 is 9.90 Å². The van der Waals surface area contributed by atoms with E-state index in [4.69, 9.17) is 5.11 Å². The molecule has 0 aliphatic carbocycles. The van der Waals surface area contributed by atoms with Crippen LogP contribution in [0.25, 0.3) is 11.0 Å². The fraction of sp³-hybridized carbons (Fsp3) is 0.529. The maximum atomic E-state index is 12.8. The highest BCUT2D eigenvalue weighted by molar-refractivity contribution is 5.83. The van der Waals surface area contributed by atoms with Gasteiger partial charge < -0.3 is 19.9 Å². The smallest absolute Gasteiger partial charge is 0.243 e. The fourth-order valence-corrected chi connectivity index (χ4v) is 2.93. The minimum absolute atomic E-state index is 0.0151. The number of nitrogens with zero attached hydrogens (tertiary/aromatic N) is 3. The molecule has 0 saturated heterocycles. The Labute approximate surface area is 137 Å². The van der Waals surface area contributed by atoms with Crippen LogP contribution >= 0.6 is 0 Å². The SMILES string of the molecule is CC(C)N(C(=O)Cn1c(NCCO)nc2ccccc21)C(C)C. The summed E-state index contributed by atoms with van der Waals surface area (Å²) >= 11 is 0. The summed E-state index contributed by atoms with van der Waals surface area (Å²) in [5.41, 5.74) is 1.75. The Kier molecular flexibility index (Phi) is 5.60. The van der Waals surface area contributed by atoms with Gasteiger partial charge in [0.15, 0.2) is 0 Å². The lowest BCUT2D eigenvalue weighted by molar-refractivity contribution is -0.135. The summed E-state index contributed by atoms with van der Waals surface area (Å²) in [5.74, 6) is 0.672. The van der Waals surface area contributed by atoms with Gasteiger partial charge in [0.25, 0.3) is 0 Å². The molecule has 1 heterocycles. The number of anilines is 1. The molecule has 2 rings (SSSR count). The van der Waals surface area contributed by atoms with Gasteiger partial charge in [-0.05, 0) is 39.8 Å². The van der Waals surface area contributed by atoms with E-state index < -0.39 is 0 Å². The van der Waals surface area contributed by atoms with Crippen molar-refractivity contribution in [3.05, 3.63) is 24.3 Å². The van der Waals surface area contributed by atoms with E-state index in [2.05, 4.69) is 10.3 Å². The van der Waals surface area contributed by atoms with Gasteiger partial charge in [-0.15, -0.1) is 0 Å². The maximum absolute atomic E-state index is 12.8. The standard InChI is InChI=1S/C17H26N4O2/c1-12(2)21(13(3)4)16(23)11-20-15-8-6-5-7-14(15)19-17(20)18-9-10-22/h5-8,12-13,22H,9-11H2,1-4H3,(H,18,19). The van der Waals surface area contributed by atoms with Gasteiger partial charge in [-0.3, -0.25) is 4.79 Å². The first kappa shape index (κ1) is 17.3. The number of nitrogens with one attached hydrogen (secondary N) is 1. The molecular weight excluding hydrogens is 292 g/mol. The fourth-order valence-electron chi connectivity index (χ4n) is 2.93. The lowest BCUT2D eigenvalue weighted by Gasteiger charge is -2.31. The molecule has 2 aromatic rings. The van der Waals surface area contributed by atoms with E-state index in [1.54, 1.807) is 0 Å². The molecule has 23 heavy (non-hydrogen) atoms. The lowest BCUT2D eigenvalue weighted by atomic mass is 10.2. The topological polar surface area (TPSA) is 70.4 Å². The molecule has 0 fully saturated rings. The number of hydrogen-bond acceptors (Lipinski definition) is 4. The number of aromatic nitrogens is 2. The van der Waals surface area contributed by atoms with Gasteiger partial charge in [0.2, 0.25) is 11.9 Å². The van der Waals surface area contributed by atoms with E-state index >= 15 is 0 Å². The number of carbonyl (C=O) groups excluding carboxylic acids is 1. The number of hydrogen-bond donors (Lipinski definition) is 2. The Morgan fingerprint density at radius 3 is 2.52 bits per heavy atom. The lowest BCUT2D eigenvalue weighted by Crippen LogP contribution is -2.43. The summed E-state index contributed by atoms with van der Waals surface area (Å²) in [7, 11) is 0. The van der Waals surface area contributed by atoms with Crippen LogP contribution in [0.2, 0.25) is 0 Å². The third-order valence-electron chi connectivity index (χ3n) is 3.74. The van der Waals surface area contributed by atoms with Gasteiger partial charge in [-0.25, -0.2) is 4.98 Å². The molecule has 1 aromatic carbocycles. The van der Waals surface area contributed by atoms with E-state index in [1.165, 1.54) is 0 Å². The van der Waals surface area contributed by atoms with Gasteiger partial charge in [0.05, 0.1) is 17.6 Å². The number of para-hydroxylation sites is 2. The number of benzene rings is 1. The van der Waals surface area contributed by atoms with Crippen molar-refractivity contribution >= 4 is 22.9 Å². The zero-order valence-electron chi connectivity index (χ0n) is 14.3. The molecule has 0 radical (unpaired) electrons. The molecule has 0 saturated carbocycles. The second-order valence-electron chi connectivity index (χ2n) is 6.15. The summed E-state index contributed by atoms with van der Waals surface area (Å²) in [6.07, 6.45) is 0. The average molecular weight is 318 g/mol. The van der Waals surface area contributed by atoms with Crippen LogP contribution in [0.3, 0.4) is 0 Å². The van der Waals surface area contributed by atoms with Crippen molar-refractivity contribution in [2.45, 2.75) is 46.3 Å². The van der Waals surface area contributed by atoms with Crippen LogP contribution in [-0.4, -0.2) is 50.7 Å². The second-order valence-corrected chi connectivity index (χ2v) is 6.15. The van der Waals surface area contributed by atoms with E-state index in [0.717, 1.165) is 11.0 Å². The van der Waals surface area contributed by atoms with Gasteiger partial charge in [-0.2, -0.15) is 0 Å². The molecule has 0 bridgehead atoms. The van der Waals surface area contributed by atoms with Gasteiger partial charge >= 0.3 is 0 Å². The Hall–Kier alpha value is -2.08. The van der Waals surface area contributed by atoms with Gasteiger partial charge in [0, 0.05) is 18.6 Å². The monoisotopic (exact) mass is 318 g/mol. The molecule has 126 valence electrons. The Balaban J connectivity index is 2.35. The highest BCUT2D eigenvalue weighted by Gasteiger charge is 2.22. The summed E-state index contributed by atoms with van der Waals surface area (Å²) in [6.45, 7) is 8.73. The number of amides is 1. The minimum atomic E-state index is 0.0151. The first-order valence-corrected chi connectivity index (χ1v) is 8.06. The van der Waals surface area contributed by atoms with E-state index in [9.17, 15) is 4.79 Å². The summed E-state index contributed by atoms with van der Waals surface area (Å²) < 4.78 is 1.88. The molecule has 0 spiro atoms. The number of aliphatic hydroxyl groups is 1. The van der Waals surface area contributed by atoms with E-state index in [-0.39, 0.29) is 31.1 Å². The van der Waals surface area contributed by atoms with Crippen LogP contribution in [0.15, 0.2) is 24.3 Å². The third-order valence-corrected chi connectivity index (χ3v) is 3.74. The van der Waals surface area contributed by atoms with Crippen LogP contribution in [0, 0.1) is 0 Å². The molecule has 0 atom stereocenters. The van der Waals surface area contributed by atoms with Crippen LogP contribution < -0.4 is 5.32 Å². The van der Waals surface area contributed by atoms with Crippen molar-refractivity contribution in [1.82, 2.24) is 14.5 Å². The van der Waals surface area contributed by atoms with Crippen molar-refractivity contribution in [1.29, 1.82) is 0 Å². The summed E-state index contributed by atoms with van der Waals surface area (Å²) in [5, 5.41) is 12.1.